The highest BCUT2D eigenvalue weighted by molar-refractivity contribution is 5.91. The summed E-state index contributed by atoms with van der Waals surface area (Å²) in [5, 5.41) is 55.8. The van der Waals surface area contributed by atoms with E-state index < -0.39 is 140 Å². The molecule has 0 bridgehead atoms. The van der Waals surface area contributed by atoms with Crippen LogP contribution in [-0.2, 0) is 57.0 Å². The van der Waals surface area contributed by atoms with E-state index in [4.69, 9.17) is 42.6 Å². The summed E-state index contributed by atoms with van der Waals surface area (Å²) in [6.45, 7) is 13.6. The van der Waals surface area contributed by atoms with Gasteiger partial charge in [-0.05, 0) is 73.5 Å². The van der Waals surface area contributed by atoms with Crippen LogP contribution in [0.2, 0.25) is 0 Å². The van der Waals surface area contributed by atoms with Crippen molar-refractivity contribution in [3.63, 3.8) is 0 Å². The van der Waals surface area contributed by atoms with Crippen LogP contribution in [0.25, 0.3) is 0 Å². The highest BCUT2D eigenvalue weighted by Gasteiger charge is 2.52. The Labute approximate surface area is 378 Å². The molecule has 0 amide bonds. The van der Waals surface area contributed by atoms with Gasteiger partial charge in [-0.15, -0.1) is 0 Å². The molecular weight excluding hydrogens is 838 g/mol. The van der Waals surface area contributed by atoms with Crippen LogP contribution in [0.5, 0.6) is 0 Å². The standard InChI is InChI=1S/C46H77NO17/c1-13-33-30(22-58-45-42(57-12)41(56-11)37(52)26(5)60-45)18-23(2)14-15-31(49)24(3)19-29(16-17-48)39(25(4)32(50)20-34(51)62-33)64-44-38(53)36(47(9)10)40(27(6)61-44)63-35-21-46(8,55)43(54)28(7)59-35/h14-15,17-18,24-30,32-33,35-45,50,52-55H,13,16,19-22H2,1-12H3/t24-,25+,26?,27-,28?,29+,30-,32-,33-,35+,36?,37-,38?,39-,40-,41+,42?,43+,44+,45-,46?/m1/s1. The summed E-state index contributed by atoms with van der Waals surface area (Å²) in [6.07, 6.45) is -8.49. The molecule has 0 aliphatic carbocycles. The number of nitrogens with zero attached hydrogens (tertiary/aromatic N) is 1. The number of ether oxygens (including phenoxy) is 9. The van der Waals surface area contributed by atoms with Gasteiger partial charge in [0.05, 0.1) is 55.2 Å². The molecule has 0 aromatic heterocycles. The summed E-state index contributed by atoms with van der Waals surface area (Å²) in [6, 6.07) is -0.748. The maximum atomic E-state index is 13.8. The van der Waals surface area contributed by atoms with Gasteiger partial charge in [0.15, 0.2) is 24.7 Å². The van der Waals surface area contributed by atoms with Crippen molar-refractivity contribution in [2.24, 2.45) is 23.7 Å². The van der Waals surface area contributed by atoms with Crippen molar-refractivity contribution < 1.29 is 82.5 Å². The van der Waals surface area contributed by atoms with Crippen LogP contribution in [0, 0.1) is 23.7 Å². The molecule has 6 unspecified atom stereocenters. The molecule has 0 radical (unpaired) electrons. The van der Waals surface area contributed by atoms with Crippen molar-refractivity contribution >= 4 is 18.0 Å². The van der Waals surface area contributed by atoms with Crippen molar-refractivity contribution in [2.75, 3.05) is 34.9 Å². The highest BCUT2D eigenvalue weighted by atomic mass is 16.7. The van der Waals surface area contributed by atoms with Crippen LogP contribution in [0.15, 0.2) is 23.8 Å². The van der Waals surface area contributed by atoms with Crippen molar-refractivity contribution in [1.29, 1.82) is 0 Å². The molecule has 368 valence electrons. The highest BCUT2D eigenvalue weighted by Crippen LogP contribution is 2.37. The van der Waals surface area contributed by atoms with E-state index in [2.05, 4.69) is 0 Å². The van der Waals surface area contributed by atoms with E-state index in [0.29, 0.717) is 12.0 Å². The molecule has 5 N–H and O–H groups in total. The van der Waals surface area contributed by atoms with E-state index in [0.717, 1.165) is 6.29 Å². The zero-order valence-electron chi connectivity index (χ0n) is 39.7. The lowest BCUT2D eigenvalue weighted by molar-refractivity contribution is -0.341. The van der Waals surface area contributed by atoms with E-state index in [-0.39, 0.29) is 31.7 Å². The van der Waals surface area contributed by atoms with Gasteiger partial charge in [0, 0.05) is 44.8 Å². The Morgan fingerprint density at radius 1 is 0.859 bits per heavy atom. The van der Waals surface area contributed by atoms with Crippen LogP contribution >= 0.6 is 0 Å². The van der Waals surface area contributed by atoms with Gasteiger partial charge >= 0.3 is 5.97 Å². The lowest BCUT2D eigenvalue weighted by Gasteiger charge is -2.50. The average molecular weight is 916 g/mol. The molecule has 18 heteroatoms. The molecule has 0 spiro atoms. The van der Waals surface area contributed by atoms with Gasteiger partial charge in [-0.2, -0.15) is 0 Å². The molecule has 4 heterocycles. The molecule has 0 aromatic rings. The number of cyclic esters (lactones) is 1. The van der Waals surface area contributed by atoms with Crippen LogP contribution in [-0.4, -0.2) is 187 Å². The maximum Gasteiger partial charge on any atom is 0.308 e. The van der Waals surface area contributed by atoms with Crippen LogP contribution in [0.1, 0.15) is 87.5 Å². The molecule has 0 aromatic carbocycles. The number of esters is 1. The molecule has 3 saturated heterocycles. The molecular formula is C46H77NO17. The average Bonchev–Trinajstić information content (AvgIpc) is 3.23. The zero-order valence-corrected chi connectivity index (χ0v) is 39.7. The third-order valence-corrected chi connectivity index (χ3v) is 13.4. The lowest BCUT2D eigenvalue weighted by Crippen LogP contribution is -2.65. The Balaban J connectivity index is 1.62. The summed E-state index contributed by atoms with van der Waals surface area (Å²) in [7, 11) is 6.43. The van der Waals surface area contributed by atoms with E-state index >= 15 is 0 Å². The summed E-state index contributed by atoms with van der Waals surface area (Å²) in [4.78, 5) is 41.5. The Morgan fingerprint density at radius 2 is 1.52 bits per heavy atom. The number of rotatable bonds is 13. The smallest absolute Gasteiger partial charge is 0.308 e. The number of ketones is 1. The summed E-state index contributed by atoms with van der Waals surface area (Å²) in [5.74, 6) is -3.59. The van der Waals surface area contributed by atoms with Crippen molar-refractivity contribution in [2.45, 2.75) is 191 Å². The van der Waals surface area contributed by atoms with Gasteiger partial charge in [-0.3, -0.25) is 9.59 Å². The van der Waals surface area contributed by atoms with Crippen molar-refractivity contribution in [3.05, 3.63) is 23.8 Å². The number of methoxy groups -OCH3 is 2. The van der Waals surface area contributed by atoms with E-state index in [1.807, 2.05) is 19.9 Å². The fourth-order valence-corrected chi connectivity index (χ4v) is 9.51. The molecule has 4 aliphatic heterocycles. The number of allylic oxidation sites excluding steroid dienone is 3. The van der Waals surface area contributed by atoms with Gasteiger partial charge in [-0.25, -0.2) is 0 Å². The first-order valence-electron chi connectivity index (χ1n) is 22.7. The minimum atomic E-state index is -1.49. The first-order chi connectivity index (χ1) is 30.1. The number of aliphatic hydroxyl groups excluding tert-OH is 4. The number of aliphatic hydroxyl groups is 5. The first-order valence-corrected chi connectivity index (χ1v) is 22.7. The second kappa shape index (κ2) is 24.1. The summed E-state index contributed by atoms with van der Waals surface area (Å²) in [5.41, 5.74) is -0.806. The van der Waals surface area contributed by atoms with Crippen LogP contribution < -0.4 is 0 Å². The van der Waals surface area contributed by atoms with Gasteiger partial charge in [0.1, 0.15) is 49.0 Å². The van der Waals surface area contributed by atoms with Crippen molar-refractivity contribution in [1.82, 2.24) is 4.90 Å². The molecule has 4 aliphatic rings. The number of carbonyl (C=O) groups is 3. The predicted molar refractivity (Wildman–Crippen MR) is 230 cm³/mol. The number of aldehydes is 1. The Kier molecular flexibility index (Phi) is 20.5. The van der Waals surface area contributed by atoms with Crippen molar-refractivity contribution in [3.8, 4) is 0 Å². The fourth-order valence-electron chi connectivity index (χ4n) is 9.51. The third-order valence-electron chi connectivity index (χ3n) is 13.4. The number of hydrogen-bond donors (Lipinski definition) is 5. The monoisotopic (exact) mass is 916 g/mol. The zero-order chi connectivity index (χ0) is 47.8. The maximum absolute atomic E-state index is 13.8. The quantitative estimate of drug-likeness (QED) is 0.131. The number of likely N-dealkylation sites (N-methyl/N-ethyl adjacent to an activating group) is 1. The Morgan fingerprint density at radius 3 is 2.11 bits per heavy atom. The number of hydrogen-bond acceptors (Lipinski definition) is 18. The Bertz CT molecular complexity index is 1560. The van der Waals surface area contributed by atoms with E-state index in [1.165, 1.54) is 27.2 Å². The van der Waals surface area contributed by atoms with Gasteiger partial charge in [0.25, 0.3) is 0 Å². The second-order valence-corrected chi connectivity index (χ2v) is 18.7. The van der Waals surface area contributed by atoms with Gasteiger partial charge < -0.3 is 77.9 Å². The Hall–Kier alpha value is -2.27. The lowest BCUT2D eigenvalue weighted by atomic mass is 9.79. The minimum absolute atomic E-state index is 0.00788. The fraction of sp³-hybridized carbons (Fsp3) is 0.848. The predicted octanol–water partition coefficient (Wildman–Crippen LogP) is 1.83. The van der Waals surface area contributed by atoms with Crippen LogP contribution in [0.4, 0.5) is 0 Å². The first kappa shape index (κ1) is 54.3. The molecule has 0 saturated carbocycles. The SMILES string of the molecule is CC[C@H]1OC(=O)C[C@@H](O)[C@H](C)[C@@H](O[C@@H]2O[C@H](C)[C@@H](O[C@H]3CC(C)(O)[C@@H](O)C(C)O3)C(N(C)C)C2O)[C@@H](CC=O)C[C@@H](C)C(=O)C=CC(C)=C[C@@H]1CO[C@@H]1OC(C)[C@@H](O)[C@H](OC)C1OC. The number of carbonyl (C=O) groups excluding carboxylic acids is 3. The topological polar surface area (TPSA) is 239 Å². The van der Waals surface area contributed by atoms with E-state index in [1.54, 1.807) is 59.7 Å². The summed E-state index contributed by atoms with van der Waals surface area (Å²) < 4.78 is 54.7. The molecule has 4 rings (SSSR count). The molecule has 3 fully saturated rings. The summed E-state index contributed by atoms with van der Waals surface area (Å²) >= 11 is 0. The molecule has 18 nitrogen and oxygen atoms in total. The third kappa shape index (κ3) is 13.5. The van der Waals surface area contributed by atoms with Crippen LogP contribution in [0.3, 0.4) is 0 Å². The van der Waals surface area contributed by atoms with E-state index in [9.17, 15) is 39.9 Å². The molecule has 64 heavy (non-hydrogen) atoms. The molecule has 21 atom stereocenters. The second-order valence-electron chi connectivity index (χ2n) is 18.7. The van der Waals surface area contributed by atoms with Gasteiger partial charge in [-0.1, -0.05) is 38.5 Å². The normalized spacial score (nSPS) is 44.6. The minimum Gasteiger partial charge on any atom is -0.462 e. The largest absolute Gasteiger partial charge is 0.462 e. The van der Waals surface area contributed by atoms with Gasteiger partial charge in [0.2, 0.25) is 0 Å².